The van der Waals surface area contributed by atoms with Crippen LogP contribution in [0.15, 0.2) is 102 Å². The van der Waals surface area contributed by atoms with Gasteiger partial charge in [0.2, 0.25) is 11.8 Å². The Morgan fingerprint density at radius 3 is 2.05 bits per heavy atom. The van der Waals surface area contributed by atoms with Crippen molar-refractivity contribution in [3.8, 4) is 0 Å². The molecule has 1 fully saturated rings. The molecule has 0 spiro atoms. The number of nitrogens with one attached hydrogen (secondary N) is 2. The minimum absolute atomic E-state index is 0.256. The minimum atomic E-state index is -1.15. The van der Waals surface area contributed by atoms with Crippen molar-refractivity contribution in [3.05, 3.63) is 130 Å². The normalized spacial score (nSPS) is 22.9. The molecule has 0 unspecified atom stereocenters. The highest BCUT2D eigenvalue weighted by atomic mass is 16.2. The summed E-state index contributed by atoms with van der Waals surface area (Å²) in [6, 6.07) is 30.2. The molecule has 0 aromatic heterocycles. The van der Waals surface area contributed by atoms with Gasteiger partial charge < -0.3 is 5.32 Å². The van der Waals surface area contributed by atoms with Crippen molar-refractivity contribution in [2.45, 2.75) is 31.6 Å². The molecule has 8 nitrogen and oxygen atoms in total. The van der Waals surface area contributed by atoms with Gasteiger partial charge in [-0.3, -0.25) is 19.2 Å². The van der Waals surface area contributed by atoms with E-state index in [9.17, 15) is 19.2 Å². The number of hydrazone groups is 1. The average Bonchev–Trinajstić information content (AvgIpc) is 3.32. The standard InChI is InChI=1S/C36H30N4O4/c1-3-22-14-16-23(17-15-22)38-32(41)33(42)39-37-20-36-27-10-6-4-8-25(27)29(26-9-5-7-11-28(26)36)30-31(36)35(44)40(34(30)43)24-18-12-21(2)13-19-24/h4-20,29-31H,3H2,1-2H3,(H,38,41)(H,39,42)/b37-20-/t29?,30-,31-,36?/m0/s1. The van der Waals surface area contributed by atoms with Crippen LogP contribution >= 0.6 is 0 Å². The van der Waals surface area contributed by atoms with Gasteiger partial charge >= 0.3 is 11.8 Å². The van der Waals surface area contributed by atoms with E-state index in [-0.39, 0.29) is 17.7 Å². The second kappa shape index (κ2) is 10.4. The van der Waals surface area contributed by atoms with Gasteiger partial charge in [-0.15, -0.1) is 0 Å². The van der Waals surface area contributed by atoms with Crippen LogP contribution in [-0.4, -0.2) is 29.8 Å². The Bertz CT molecular complexity index is 1810. The lowest BCUT2D eigenvalue weighted by Crippen LogP contribution is -2.54. The van der Waals surface area contributed by atoms with Crippen LogP contribution in [-0.2, 0) is 31.0 Å². The molecular weight excluding hydrogens is 552 g/mol. The summed E-state index contributed by atoms with van der Waals surface area (Å²) >= 11 is 0. The van der Waals surface area contributed by atoms with E-state index < -0.39 is 29.1 Å². The largest absolute Gasteiger partial charge is 0.329 e. The first-order valence-electron chi connectivity index (χ1n) is 14.7. The van der Waals surface area contributed by atoms with Crippen LogP contribution in [0.3, 0.4) is 0 Å². The fourth-order valence-electron chi connectivity index (χ4n) is 7.25. The number of aryl methyl sites for hydroxylation is 2. The Labute approximate surface area is 254 Å². The molecule has 1 saturated heterocycles. The third-order valence-corrected chi connectivity index (χ3v) is 9.24. The van der Waals surface area contributed by atoms with E-state index in [0.29, 0.717) is 11.4 Å². The van der Waals surface area contributed by atoms with Crippen LogP contribution in [0.2, 0.25) is 0 Å². The van der Waals surface area contributed by atoms with E-state index in [4.69, 9.17) is 0 Å². The van der Waals surface area contributed by atoms with Crippen molar-refractivity contribution < 1.29 is 19.2 Å². The van der Waals surface area contributed by atoms with Crippen LogP contribution in [0.5, 0.6) is 0 Å². The smallest absolute Gasteiger partial charge is 0.318 e. The van der Waals surface area contributed by atoms with Gasteiger partial charge in [0.15, 0.2) is 0 Å². The highest BCUT2D eigenvalue weighted by Crippen LogP contribution is 2.63. The third kappa shape index (κ3) is 4.01. The van der Waals surface area contributed by atoms with Gasteiger partial charge in [0, 0.05) is 17.8 Å². The number of benzene rings is 4. The van der Waals surface area contributed by atoms with Gasteiger partial charge in [0.25, 0.3) is 0 Å². The summed E-state index contributed by atoms with van der Waals surface area (Å²) < 4.78 is 0. The van der Waals surface area contributed by atoms with E-state index >= 15 is 0 Å². The van der Waals surface area contributed by atoms with E-state index in [1.807, 2.05) is 86.6 Å². The number of amides is 4. The molecule has 4 aromatic rings. The quantitative estimate of drug-likeness (QED) is 0.152. The molecule has 8 rings (SSSR count). The number of nitrogens with zero attached hydrogens (tertiary/aromatic N) is 2. The molecule has 218 valence electrons. The van der Waals surface area contributed by atoms with Gasteiger partial charge in [-0.05, 0) is 65.4 Å². The summed E-state index contributed by atoms with van der Waals surface area (Å²) in [5.41, 5.74) is 7.98. The summed E-state index contributed by atoms with van der Waals surface area (Å²) in [5, 5.41) is 6.90. The number of hydrogen-bond acceptors (Lipinski definition) is 5. The number of rotatable bonds is 5. The zero-order valence-electron chi connectivity index (χ0n) is 24.3. The first-order valence-corrected chi connectivity index (χ1v) is 14.7. The maximum absolute atomic E-state index is 14.4. The molecule has 4 aromatic carbocycles. The Morgan fingerprint density at radius 2 is 1.43 bits per heavy atom. The number of hydrogen-bond donors (Lipinski definition) is 2. The van der Waals surface area contributed by atoms with Crippen molar-refractivity contribution in [3.63, 3.8) is 0 Å². The van der Waals surface area contributed by atoms with Crippen LogP contribution in [0, 0.1) is 18.8 Å². The molecule has 44 heavy (non-hydrogen) atoms. The van der Waals surface area contributed by atoms with E-state index in [1.165, 1.54) is 4.90 Å². The van der Waals surface area contributed by atoms with Gasteiger partial charge in [-0.25, -0.2) is 10.3 Å². The SMILES string of the molecule is CCc1ccc(NC(=O)C(=O)N/N=C\C23c4ccccc4C(c4ccccc42)[C@@H]2C(=O)N(c4ccc(C)cc4)C(=O)[C@H]23)cc1. The molecule has 3 aliphatic carbocycles. The summed E-state index contributed by atoms with van der Waals surface area (Å²) in [6.07, 6.45) is 2.40. The second-order valence-electron chi connectivity index (χ2n) is 11.6. The zero-order valence-corrected chi connectivity index (χ0v) is 24.3. The number of carbonyl (C=O) groups is 4. The first kappa shape index (κ1) is 27.5. The van der Waals surface area contributed by atoms with Crippen molar-refractivity contribution in [1.82, 2.24) is 5.43 Å². The lowest BCUT2D eigenvalue weighted by molar-refractivity contribution is -0.136. The molecule has 2 bridgehead atoms. The molecule has 4 amide bonds. The lowest BCUT2D eigenvalue weighted by Gasteiger charge is -2.52. The van der Waals surface area contributed by atoms with Gasteiger partial charge in [0.1, 0.15) is 0 Å². The molecule has 0 radical (unpaired) electrons. The van der Waals surface area contributed by atoms with Crippen LogP contribution in [0.1, 0.15) is 46.2 Å². The maximum Gasteiger partial charge on any atom is 0.329 e. The monoisotopic (exact) mass is 582 g/mol. The lowest BCUT2D eigenvalue weighted by atomic mass is 9.47. The van der Waals surface area contributed by atoms with Crippen LogP contribution < -0.4 is 15.6 Å². The zero-order chi connectivity index (χ0) is 30.6. The van der Waals surface area contributed by atoms with Gasteiger partial charge in [0.05, 0.1) is 22.9 Å². The number of imide groups is 1. The predicted molar refractivity (Wildman–Crippen MR) is 167 cm³/mol. The van der Waals surface area contributed by atoms with Gasteiger partial charge in [-0.2, -0.15) is 5.10 Å². The van der Waals surface area contributed by atoms with Crippen LogP contribution in [0.4, 0.5) is 11.4 Å². The Morgan fingerprint density at radius 1 is 0.818 bits per heavy atom. The summed E-state index contributed by atoms with van der Waals surface area (Å²) in [6.45, 7) is 3.98. The number of carbonyl (C=O) groups excluding carboxylic acids is 4. The topological polar surface area (TPSA) is 108 Å². The van der Waals surface area contributed by atoms with Crippen molar-refractivity contribution in [2.24, 2.45) is 16.9 Å². The van der Waals surface area contributed by atoms with Crippen molar-refractivity contribution in [1.29, 1.82) is 0 Å². The Kier molecular flexibility index (Phi) is 6.50. The van der Waals surface area contributed by atoms with E-state index in [1.54, 1.807) is 30.5 Å². The fraction of sp³-hybridized carbons (Fsp3) is 0.194. The summed E-state index contributed by atoms with van der Waals surface area (Å²) in [5.74, 6) is -4.16. The summed E-state index contributed by atoms with van der Waals surface area (Å²) in [4.78, 5) is 55.5. The fourth-order valence-corrected chi connectivity index (χ4v) is 7.25. The minimum Gasteiger partial charge on any atom is -0.318 e. The summed E-state index contributed by atoms with van der Waals surface area (Å²) in [7, 11) is 0. The molecular formula is C36H30N4O4. The highest BCUT2D eigenvalue weighted by molar-refractivity contribution is 6.39. The predicted octanol–water partition coefficient (Wildman–Crippen LogP) is 4.85. The molecule has 4 aliphatic rings. The second-order valence-corrected chi connectivity index (χ2v) is 11.6. The molecule has 1 heterocycles. The molecule has 2 N–H and O–H groups in total. The first-order chi connectivity index (χ1) is 21.3. The van der Waals surface area contributed by atoms with Crippen LogP contribution in [0.25, 0.3) is 0 Å². The van der Waals surface area contributed by atoms with Crippen molar-refractivity contribution in [2.75, 3.05) is 10.2 Å². The molecule has 1 aliphatic heterocycles. The van der Waals surface area contributed by atoms with E-state index in [0.717, 1.165) is 39.8 Å². The molecule has 0 saturated carbocycles. The average molecular weight is 583 g/mol. The van der Waals surface area contributed by atoms with Crippen molar-refractivity contribution >= 4 is 41.2 Å². The number of anilines is 2. The maximum atomic E-state index is 14.4. The Hall–Kier alpha value is -5.37. The molecule has 2 atom stereocenters. The Balaban J connectivity index is 1.28. The van der Waals surface area contributed by atoms with E-state index in [2.05, 4.69) is 15.8 Å². The third-order valence-electron chi connectivity index (χ3n) is 9.24. The highest BCUT2D eigenvalue weighted by Gasteiger charge is 2.68. The molecule has 8 heteroatoms. The van der Waals surface area contributed by atoms with Gasteiger partial charge in [-0.1, -0.05) is 85.3 Å².